The van der Waals surface area contributed by atoms with Crippen molar-refractivity contribution in [3.05, 3.63) is 56.7 Å². The molecule has 0 amide bonds. The van der Waals surface area contributed by atoms with Crippen LogP contribution in [-0.4, -0.2) is 41.7 Å². The maximum Gasteiger partial charge on any atom is 0.345 e. The van der Waals surface area contributed by atoms with Gasteiger partial charge in [-0.1, -0.05) is 17.7 Å². The summed E-state index contributed by atoms with van der Waals surface area (Å²) >= 11 is 1.87. The SMILES string of the molecule is COC(=O)C(=Cc1cc(I)c(OS(=O)(=O)c2ccc(C)cc2)c(OC)c1)C(=O)OC. The van der Waals surface area contributed by atoms with Gasteiger partial charge in [0.15, 0.2) is 11.5 Å². The Bertz CT molecular complexity index is 1070. The predicted molar refractivity (Wildman–Crippen MR) is 117 cm³/mol. The summed E-state index contributed by atoms with van der Waals surface area (Å²) in [6.07, 6.45) is 1.25. The van der Waals surface area contributed by atoms with Gasteiger partial charge in [0.2, 0.25) is 0 Å². The second-order valence-electron chi connectivity index (χ2n) is 5.93. The molecule has 0 N–H and O–H groups in total. The number of benzene rings is 2. The fourth-order valence-electron chi connectivity index (χ4n) is 2.35. The molecule has 10 heteroatoms. The molecule has 0 unspecified atom stereocenters. The molecule has 160 valence electrons. The van der Waals surface area contributed by atoms with E-state index in [4.69, 9.17) is 8.92 Å². The Morgan fingerprint density at radius 2 is 1.53 bits per heavy atom. The quantitative estimate of drug-likeness (QED) is 0.130. The van der Waals surface area contributed by atoms with Crippen LogP contribution < -0.4 is 8.92 Å². The maximum absolute atomic E-state index is 12.6. The number of carbonyl (C=O) groups is 2. The zero-order valence-electron chi connectivity index (χ0n) is 16.6. The Morgan fingerprint density at radius 3 is 2.03 bits per heavy atom. The lowest BCUT2D eigenvalue weighted by Gasteiger charge is -2.14. The average molecular weight is 546 g/mol. The first kappa shape index (κ1) is 23.7. The highest BCUT2D eigenvalue weighted by atomic mass is 127. The lowest BCUT2D eigenvalue weighted by Crippen LogP contribution is -2.15. The van der Waals surface area contributed by atoms with E-state index in [2.05, 4.69) is 9.47 Å². The molecule has 0 saturated carbocycles. The Morgan fingerprint density at radius 1 is 0.967 bits per heavy atom. The average Bonchev–Trinajstić information content (AvgIpc) is 2.72. The van der Waals surface area contributed by atoms with E-state index in [9.17, 15) is 18.0 Å². The largest absolute Gasteiger partial charge is 0.493 e. The molecule has 0 radical (unpaired) electrons. The molecular formula is C20H19IO8S. The molecule has 0 spiro atoms. The molecule has 0 saturated heterocycles. The number of rotatable bonds is 7. The third kappa shape index (κ3) is 5.51. The summed E-state index contributed by atoms with van der Waals surface area (Å²) in [5, 5.41) is 0. The van der Waals surface area contributed by atoms with Crippen LogP contribution in [0.4, 0.5) is 0 Å². The van der Waals surface area contributed by atoms with Gasteiger partial charge in [-0.15, -0.1) is 0 Å². The van der Waals surface area contributed by atoms with Crippen LogP contribution in [0.2, 0.25) is 0 Å². The highest BCUT2D eigenvalue weighted by molar-refractivity contribution is 14.1. The molecular weight excluding hydrogens is 527 g/mol. The summed E-state index contributed by atoms with van der Waals surface area (Å²) in [5.41, 5.74) is 0.949. The van der Waals surface area contributed by atoms with Crippen LogP contribution >= 0.6 is 22.6 Å². The number of esters is 2. The monoisotopic (exact) mass is 546 g/mol. The van der Waals surface area contributed by atoms with Crippen molar-refractivity contribution in [2.45, 2.75) is 11.8 Å². The van der Waals surface area contributed by atoms with Crippen LogP contribution in [0.1, 0.15) is 11.1 Å². The first-order valence-electron chi connectivity index (χ1n) is 8.40. The fraction of sp³-hybridized carbons (Fsp3) is 0.200. The van der Waals surface area contributed by atoms with Gasteiger partial charge in [-0.25, -0.2) is 9.59 Å². The lowest BCUT2D eigenvalue weighted by atomic mass is 10.1. The summed E-state index contributed by atoms with van der Waals surface area (Å²) in [4.78, 5) is 23.7. The van der Waals surface area contributed by atoms with Crippen LogP contribution in [0.3, 0.4) is 0 Å². The van der Waals surface area contributed by atoms with Gasteiger partial charge >= 0.3 is 22.1 Å². The van der Waals surface area contributed by atoms with E-state index in [1.807, 2.05) is 29.5 Å². The van der Waals surface area contributed by atoms with E-state index >= 15 is 0 Å². The van der Waals surface area contributed by atoms with Crippen LogP contribution in [0, 0.1) is 10.5 Å². The van der Waals surface area contributed by atoms with Crippen molar-refractivity contribution in [2.75, 3.05) is 21.3 Å². The highest BCUT2D eigenvalue weighted by Crippen LogP contribution is 2.36. The second kappa shape index (κ2) is 9.94. The van der Waals surface area contributed by atoms with E-state index in [-0.39, 0.29) is 22.0 Å². The minimum Gasteiger partial charge on any atom is -0.493 e. The molecule has 30 heavy (non-hydrogen) atoms. The minimum atomic E-state index is -4.10. The lowest BCUT2D eigenvalue weighted by molar-refractivity contribution is -0.143. The number of ether oxygens (including phenoxy) is 3. The zero-order valence-corrected chi connectivity index (χ0v) is 19.6. The fourth-order valence-corrected chi connectivity index (χ4v) is 4.20. The van der Waals surface area contributed by atoms with Crippen molar-refractivity contribution in [3.63, 3.8) is 0 Å². The third-order valence-corrected chi connectivity index (χ3v) is 5.91. The molecule has 0 heterocycles. The number of aryl methyl sites for hydroxylation is 1. The molecule has 0 bridgehead atoms. The number of carbonyl (C=O) groups excluding carboxylic acids is 2. The molecule has 8 nitrogen and oxygen atoms in total. The maximum atomic E-state index is 12.6. The van der Waals surface area contributed by atoms with Gasteiger partial charge in [0.1, 0.15) is 10.5 Å². The van der Waals surface area contributed by atoms with Crippen molar-refractivity contribution in [1.29, 1.82) is 0 Å². The Kier molecular flexibility index (Phi) is 7.84. The van der Waals surface area contributed by atoms with Gasteiger partial charge < -0.3 is 18.4 Å². The van der Waals surface area contributed by atoms with E-state index in [0.29, 0.717) is 9.13 Å². The normalized spacial score (nSPS) is 10.7. The number of hydrogen-bond donors (Lipinski definition) is 0. The van der Waals surface area contributed by atoms with Gasteiger partial charge in [-0.05, 0) is 65.4 Å². The number of hydrogen-bond acceptors (Lipinski definition) is 8. The van der Waals surface area contributed by atoms with Crippen molar-refractivity contribution in [2.24, 2.45) is 0 Å². The van der Waals surface area contributed by atoms with Crippen LogP contribution in [0.25, 0.3) is 6.08 Å². The third-order valence-electron chi connectivity index (χ3n) is 3.88. The van der Waals surface area contributed by atoms with Crippen LogP contribution in [0.15, 0.2) is 46.9 Å². The van der Waals surface area contributed by atoms with Crippen LogP contribution in [-0.2, 0) is 29.2 Å². The highest BCUT2D eigenvalue weighted by Gasteiger charge is 2.23. The van der Waals surface area contributed by atoms with E-state index in [1.54, 1.807) is 12.1 Å². The Balaban J connectivity index is 2.50. The van der Waals surface area contributed by atoms with E-state index < -0.39 is 22.1 Å². The second-order valence-corrected chi connectivity index (χ2v) is 8.63. The molecule has 0 aliphatic carbocycles. The molecule has 0 aliphatic rings. The summed E-state index contributed by atoms with van der Waals surface area (Å²) in [6.45, 7) is 1.84. The van der Waals surface area contributed by atoms with Crippen molar-refractivity contribution >= 4 is 50.7 Å². The van der Waals surface area contributed by atoms with Crippen molar-refractivity contribution < 1.29 is 36.4 Å². The van der Waals surface area contributed by atoms with Crippen molar-refractivity contribution in [1.82, 2.24) is 0 Å². The standard InChI is InChI=1S/C20H19IO8S/c1-12-5-7-14(8-6-12)30(24,25)29-18-16(21)10-13(11-17(18)26-2)9-15(19(22)27-3)20(23)28-4/h5-11H,1-4H3. The molecule has 0 atom stereocenters. The molecule has 0 fully saturated rings. The van der Waals surface area contributed by atoms with Gasteiger partial charge in [0.25, 0.3) is 0 Å². The topological polar surface area (TPSA) is 105 Å². The zero-order chi connectivity index (χ0) is 22.5. The summed E-state index contributed by atoms with van der Waals surface area (Å²) in [7, 11) is -0.495. The molecule has 0 aliphatic heterocycles. The summed E-state index contributed by atoms with van der Waals surface area (Å²) in [5.74, 6) is -1.68. The summed E-state index contributed by atoms with van der Waals surface area (Å²) < 4.78 is 45.4. The van der Waals surface area contributed by atoms with Gasteiger partial charge in [0.05, 0.1) is 24.9 Å². The summed E-state index contributed by atoms with van der Waals surface area (Å²) in [6, 6.07) is 9.16. The smallest absolute Gasteiger partial charge is 0.345 e. The predicted octanol–water partition coefficient (Wildman–Crippen LogP) is 3.11. The minimum absolute atomic E-state index is 0.00593. The Hall–Kier alpha value is -2.60. The molecule has 2 aromatic rings. The first-order chi connectivity index (χ1) is 14.1. The van der Waals surface area contributed by atoms with Gasteiger partial charge in [-0.3, -0.25) is 0 Å². The van der Waals surface area contributed by atoms with Crippen molar-refractivity contribution in [3.8, 4) is 11.5 Å². The molecule has 0 aromatic heterocycles. The van der Waals surface area contributed by atoms with E-state index in [1.165, 1.54) is 37.5 Å². The number of halogens is 1. The first-order valence-corrected chi connectivity index (χ1v) is 10.9. The Labute approximate surface area is 188 Å². The number of methoxy groups -OCH3 is 3. The van der Waals surface area contributed by atoms with E-state index in [0.717, 1.165) is 19.8 Å². The van der Waals surface area contributed by atoms with Gasteiger partial charge in [0, 0.05) is 0 Å². The van der Waals surface area contributed by atoms with Crippen LogP contribution in [0.5, 0.6) is 11.5 Å². The molecule has 2 rings (SSSR count). The van der Waals surface area contributed by atoms with Gasteiger partial charge in [-0.2, -0.15) is 8.42 Å². The molecule has 2 aromatic carbocycles.